The Bertz CT molecular complexity index is 735. The van der Waals surface area contributed by atoms with E-state index in [0.717, 1.165) is 21.2 Å². The molecule has 0 saturated carbocycles. The molecule has 2 aromatic carbocycles. The fourth-order valence-corrected chi connectivity index (χ4v) is 3.52. The van der Waals surface area contributed by atoms with Gasteiger partial charge in [0.2, 0.25) is 0 Å². The van der Waals surface area contributed by atoms with Crippen LogP contribution in [0.5, 0.6) is 0 Å². The van der Waals surface area contributed by atoms with Crippen LogP contribution in [-0.4, -0.2) is 11.2 Å². The number of aliphatic hydroxyl groups excluding tert-OH is 1. The van der Waals surface area contributed by atoms with E-state index in [-0.39, 0.29) is 5.41 Å². The zero-order chi connectivity index (χ0) is 14.5. The van der Waals surface area contributed by atoms with Gasteiger partial charge in [-0.05, 0) is 37.8 Å². The lowest BCUT2D eigenvalue weighted by Gasteiger charge is -2.29. The summed E-state index contributed by atoms with van der Waals surface area (Å²) in [5.41, 5.74) is 2.86. The molecule has 20 heavy (non-hydrogen) atoms. The van der Waals surface area contributed by atoms with Crippen LogP contribution < -0.4 is 0 Å². The summed E-state index contributed by atoms with van der Waals surface area (Å²) in [5.74, 6) is 0. The summed E-state index contributed by atoms with van der Waals surface area (Å²) in [5, 5.41) is 13.2. The van der Waals surface area contributed by atoms with Gasteiger partial charge < -0.3 is 5.11 Å². The van der Waals surface area contributed by atoms with Crippen molar-refractivity contribution in [3.8, 4) is 0 Å². The van der Waals surface area contributed by atoms with E-state index >= 15 is 0 Å². The Balaban J connectivity index is 2.28. The average molecular weight is 329 g/mol. The number of rotatable bonds is 3. The molecule has 0 saturated heterocycles. The molecule has 102 valence electrons. The first-order chi connectivity index (χ1) is 9.47. The average Bonchev–Trinajstić information content (AvgIpc) is 2.74. The van der Waals surface area contributed by atoms with Gasteiger partial charge in [-0.25, -0.2) is 0 Å². The zero-order valence-electron chi connectivity index (χ0n) is 11.7. The molecule has 0 heterocycles. The molecule has 1 N–H and O–H groups in total. The van der Waals surface area contributed by atoms with Gasteiger partial charge in [-0.3, -0.25) is 0 Å². The van der Waals surface area contributed by atoms with E-state index in [1.54, 1.807) is 0 Å². The molecule has 1 unspecified atom stereocenters. The van der Waals surface area contributed by atoms with Crippen LogP contribution in [0.4, 0.5) is 0 Å². The maximum absolute atomic E-state index is 10.8. The summed E-state index contributed by atoms with van der Waals surface area (Å²) < 4.78 is 0.992. The molecule has 0 radical (unpaired) electrons. The number of hydrogen-bond acceptors (Lipinski definition) is 1. The lowest BCUT2D eigenvalue weighted by molar-refractivity contribution is 0.136. The van der Waals surface area contributed by atoms with Crippen molar-refractivity contribution in [2.24, 2.45) is 5.41 Å². The van der Waals surface area contributed by atoms with Crippen LogP contribution in [0.25, 0.3) is 20.8 Å². The van der Waals surface area contributed by atoms with Gasteiger partial charge in [-0.1, -0.05) is 56.3 Å². The van der Waals surface area contributed by atoms with E-state index in [9.17, 15) is 5.11 Å². The normalized spacial score (nSPS) is 15.8. The van der Waals surface area contributed by atoms with E-state index in [1.807, 2.05) is 26.0 Å². The lowest BCUT2D eigenvalue weighted by Crippen LogP contribution is -2.28. The Hall–Kier alpha value is -1.38. The second kappa shape index (κ2) is 4.57. The van der Waals surface area contributed by atoms with Crippen molar-refractivity contribution in [2.45, 2.75) is 20.0 Å². The maximum Gasteiger partial charge on any atom is 0.0892 e. The van der Waals surface area contributed by atoms with Crippen LogP contribution in [0.3, 0.4) is 0 Å². The first-order valence-corrected chi connectivity index (χ1v) is 7.50. The Morgan fingerprint density at radius 2 is 1.75 bits per heavy atom. The minimum absolute atomic E-state index is 0.376. The molecular formula is C18H17BrO. The van der Waals surface area contributed by atoms with Crippen molar-refractivity contribution in [1.29, 1.82) is 0 Å². The van der Waals surface area contributed by atoms with Gasteiger partial charge in [0.1, 0.15) is 0 Å². The van der Waals surface area contributed by atoms with Crippen molar-refractivity contribution in [2.75, 3.05) is 0 Å². The van der Waals surface area contributed by atoms with E-state index in [4.69, 9.17) is 0 Å². The molecule has 1 aliphatic rings. The van der Waals surface area contributed by atoms with Gasteiger partial charge in [0.15, 0.2) is 0 Å². The molecule has 0 amide bonds. The minimum Gasteiger partial charge on any atom is -0.387 e. The third kappa shape index (κ3) is 1.79. The Labute approximate surface area is 127 Å². The zero-order valence-corrected chi connectivity index (χ0v) is 13.2. The number of aliphatic hydroxyl groups is 1. The quantitative estimate of drug-likeness (QED) is 0.787. The molecule has 2 aromatic rings. The van der Waals surface area contributed by atoms with Crippen molar-refractivity contribution in [3.63, 3.8) is 0 Å². The van der Waals surface area contributed by atoms with Crippen LogP contribution in [-0.2, 0) is 0 Å². The van der Waals surface area contributed by atoms with Gasteiger partial charge >= 0.3 is 0 Å². The second-order valence-corrected chi connectivity index (χ2v) is 6.66. The molecule has 1 atom stereocenters. The number of hydrogen-bond donors (Lipinski definition) is 1. The van der Waals surface area contributed by atoms with E-state index < -0.39 is 6.10 Å². The first kappa shape index (κ1) is 13.6. The molecular weight excluding hydrogens is 312 g/mol. The highest BCUT2D eigenvalue weighted by atomic mass is 79.9. The molecule has 0 aliphatic heterocycles. The van der Waals surface area contributed by atoms with Crippen LogP contribution in [0.15, 0.2) is 49.1 Å². The summed E-state index contributed by atoms with van der Waals surface area (Å²) in [4.78, 5) is 0. The van der Waals surface area contributed by atoms with Gasteiger partial charge in [0.25, 0.3) is 0 Å². The van der Waals surface area contributed by atoms with Gasteiger partial charge in [0, 0.05) is 15.5 Å². The molecule has 1 nitrogen and oxygen atoms in total. The summed E-state index contributed by atoms with van der Waals surface area (Å²) >= 11 is 3.69. The number of halogens is 1. The fraction of sp³-hybridized carbons (Fsp3) is 0.222. The predicted octanol–water partition coefficient (Wildman–Crippen LogP) is 4.99. The van der Waals surface area contributed by atoms with Crippen LogP contribution >= 0.6 is 15.9 Å². The monoisotopic (exact) mass is 328 g/mol. The SMILES string of the molecule is C=CC(C)(C)C(O)C1=C(Br)c2cccc3cccc1c23. The molecule has 0 bridgehead atoms. The summed E-state index contributed by atoms with van der Waals surface area (Å²) in [6.45, 7) is 7.85. The predicted molar refractivity (Wildman–Crippen MR) is 89.7 cm³/mol. The van der Waals surface area contributed by atoms with Gasteiger partial charge in [-0.15, -0.1) is 6.58 Å². The van der Waals surface area contributed by atoms with Crippen LogP contribution in [0.2, 0.25) is 0 Å². The minimum atomic E-state index is -0.590. The smallest absolute Gasteiger partial charge is 0.0892 e. The summed E-state index contributed by atoms with van der Waals surface area (Å²) in [7, 11) is 0. The third-order valence-electron chi connectivity index (χ3n) is 4.17. The second-order valence-electron chi connectivity index (χ2n) is 5.86. The summed E-state index contributed by atoms with van der Waals surface area (Å²) in [6, 6.07) is 12.5. The first-order valence-electron chi connectivity index (χ1n) is 6.71. The third-order valence-corrected chi connectivity index (χ3v) is 5.03. The lowest BCUT2D eigenvalue weighted by atomic mass is 9.81. The fourth-order valence-electron chi connectivity index (χ4n) is 2.76. The van der Waals surface area contributed by atoms with Gasteiger partial charge in [-0.2, -0.15) is 0 Å². The molecule has 3 rings (SSSR count). The Kier molecular flexibility index (Phi) is 3.11. The van der Waals surface area contributed by atoms with E-state index in [2.05, 4.69) is 52.8 Å². The molecule has 0 spiro atoms. The van der Waals surface area contributed by atoms with Crippen LogP contribution in [0, 0.1) is 5.41 Å². The standard InChI is InChI=1S/C18H17BrO/c1-4-18(2,3)17(20)15-12-9-5-7-11-8-6-10-13(14(11)12)16(15)19/h4-10,17,20H,1H2,2-3H3. The Morgan fingerprint density at radius 3 is 2.35 bits per heavy atom. The largest absolute Gasteiger partial charge is 0.387 e. The van der Waals surface area contributed by atoms with Gasteiger partial charge in [0.05, 0.1) is 6.10 Å². The number of benzene rings is 2. The van der Waals surface area contributed by atoms with E-state index in [0.29, 0.717) is 0 Å². The highest BCUT2D eigenvalue weighted by molar-refractivity contribution is 9.15. The van der Waals surface area contributed by atoms with Crippen molar-refractivity contribution >= 4 is 36.8 Å². The highest BCUT2D eigenvalue weighted by Gasteiger charge is 2.34. The highest BCUT2D eigenvalue weighted by Crippen LogP contribution is 2.48. The Morgan fingerprint density at radius 1 is 1.15 bits per heavy atom. The van der Waals surface area contributed by atoms with Crippen molar-refractivity contribution in [3.05, 3.63) is 60.2 Å². The van der Waals surface area contributed by atoms with E-state index in [1.165, 1.54) is 10.8 Å². The maximum atomic E-state index is 10.8. The molecule has 0 fully saturated rings. The van der Waals surface area contributed by atoms with Crippen LogP contribution in [0.1, 0.15) is 25.0 Å². The molecule has 1 aliphatic carbocycles. The van der Waals surface area contributed by atoms with Crippen molar-refractivity contribution < 1.29 is 5.11 Å². The molecule has 2 heteroatoms. The van der Waals surface area contributed by atoms with Crippen molar-refractivity contribution in [1.82, 2.24) is 0 Å². The summed E-state index contributed by atoms with van der Waals surface area (Å²) in [6.07, 6.45) is 1.22. The molecule has 0 aromatic heterocycles. The topological polar surface area (TPSA) is 20.2 Å².